The highest BCUT2D eigenvalue weighted by atomic mass is 15.0. The summed E-state index contributed by atoms with van der Waals surface area (Å²) in [7, 11) is 0. The third kappa shape index (κ3) is 4.19. The third-order valence-electron chi connectivity index (χ3n) is 10.6. The second kappa shape index (κ2) is 10.9. The number of aromatic nitrogens is 2. The Balaban J connectivity index is 1.10. The normalized spacial score (nSPS) is 20.1. The van der Waals surface area contributed by atoms with Crippen LogP contribution < -0.4 is 0 Å². The van der Waals surface area contributed by atoms with Gasteiger partial charge in [-0.05, 0) is 71.7 Å². The first-order valence-electron chi connectivity index (χ1n) is 17.0. The molecular formula is C46H34N2. The average Bonchev–Trinajstić information content (AvgIpc) is 3.67. The van der Waals surface area contributed by atoms with Crippen LogP contribution >= 0.6 is 0 Å². The number of rotatable bonds is 4. The van der Waals surface area contributed by atoms with E-state index in [-0.39, 0.29) is 0 Å². The van der Waals surface area contributed by atoms with Crippen LogP contribution in [0, 0.1) is 11.8 Å². The summed E-state index contributed by atoms with van der Waals surface area (Å²) in [5.41, 5.74) is 11.5. The summed E-state index contributed by atoms with van der Waals surface area (Å²) in [4.78, 5) is 0. The highest BCUT2D eigenvalue weighted by Crippen LogP contribution is 2.42. The van der Waals surface area contributed by atoms with Gasteiger partial charge in [0.15, 0.2) is 0 Å². The summed E-state index contributed by atoms with van der Waals surface area (Å²) in [6.45, 7) is 0. The van der Waals surface area contributed by atoms with E-state index >= 15 is 0 Å². The molecule has 2 heterocycles. The molecular weight excluding hydrogens is 581 g/mol. The van der Waals surface area contributed by atoms with Gasteiger partial charge in [-0.25, -0.2) is 0 Å². The lowest BCUT2D eigenvalue weighted by atomic mass is 9.82. The van der Waals surface area contributed by atoms with Crippen LogP contribution in [0.15, 0.2) is 176 Å². The molecule has 0 radical (unpaired) electrons. The van der Waals surface area contributed by atoms with Gasteiger partial charge in [-0.1, -0.05) is 127 Å². The van der Waals surface area contributed by atoms with E-state index in [1.165, 1.54) is 71.7 Å². The van der Waals surface area contributed by atoms with E-state index in [1.54, 1.807) is 0 Å². The molecule has 2 nitrogen and oxygen atoms in total. The van der Waals surface area contributed by atoms with E-state index in [9.17, 15) is 0 Å². The third-order valence-corrected chi connectivity index (χ3v) is 10.6. The van der Waals surface area contributed by atoms with Crippen LogP contribution in [-0.4, -0.2) is 9.13 Å². The summed E-state index contributed by atoms with van der Waals surface area (Å²) in [6, 6.07) is 42.7. The number of nitrogens with zero attached hydrogens (tertiary/aromatic N) is 2. The largest absolute Gasteiger partial charge is 0.313 e. The maximum atomic E-state index is 2.49. The van der Waals surface area contributed by atoms with E-state index in [2.05, 4.69) is 185 Å². The Morgan fingerprint density at radius 1 is 0.458 bits per heavy atom. The molecule has 3 aliphatic carbocycles. The Hall–Kier alpha value is -5.86. The predicted molar refractivity (Wildman–Crippen MR) is 204 cm³/mol. The lowest BCUT2D eigenvalue weighted by molar-refractivity contribution is 0.655. The zero-order valence-electron chi connectivity index (χ0n) is 26.6. The van der Waals surface area contributed by atoms with E-state index in [0.717, 1.165) is 6.42 Å². The predicted octanol–water partition coefficient (Wildman–Crippen LogP) is 11.9. The maximum Gasteiger partial charge on any atom is 0.0538 e. The van der Waals surface area contributed by atoms with E-state index < -0.39 is 0 Å². The number of allylic oxidation sites excluding steroid dienone is 12. The van der Waals surface area contributed by atoms with Gasteiger partial charge in [0.25, 0.3) is 0 Å². The molecule has 0 N–H and O–H groups in total. The fourth-order valence-electron chi connectivity index (χ4n) is 8.37. The van der Waals surface area contributed by atoms with Gasteiger partial charge in [0.2, 0.25) is 0 Å². The van der Waals surface area contributed by atoms with Gasteiger partial charge in [-0.3, -0.25) is 0 Å². The number of hydrogen-bond donors (Lipinski definition) is 0. The van der Waals surface area contributed by atoms with Crippen molar-refractivity contribution >= 4 is 55.0 Å². The van der Waals surface area contributed by atoms with Crippen molar-refractivity contribution in [3.63, 3.8) is 0 Å². The molecule has 3 unspecified atom stereocenters. The van der Waals surface area contributed by atoms with Gasteiger partial charge in [-0.15, -0.1) is 0 Å². The fourth-order valence-corrected chi connectivity index (χ4v) is 8.37. The van der Waals surface area contributed by atoms with Crippen molar-refractivity contribution < 1.29 is 0 Å². The molecule has 5 aromatic carbocycles. The molecule has 2 aromatic heterocycles. The molecule has 2 heteroatoms. The highest BCUT2D eigenvalue weighted by Gasteiger charge is 2.26. The lowest BCUT2D eigenvalue weighted by Gasteiger charge is -2.28. The topological polar surface area (TPSA) is 9.86 Å². The van der Waals surface area contributed by atoms with Gasteiger partial charge in [0.05, 0.1) is 22.1 Å². The van der Waals surface area contributed by atoms with Crippen molar-refractivity contribution in [3.05, 3.63) is 182 Å². The molecule has 0 bridgehead atoms. The van der Waals surface area contributed by atoms with Crippen LogP contribution in [0.3, 0.4) is 0 Å². The minimum Gasteiger partial charge on any atom is -0.313 e. The standard InChI is InChI=1S/C46H34N2/c1-2-12-31(13-3-1)33-16-10-17-36(28-33)47-43-21-8-6-19-38(43)40-29-34(24-26-45(40)47)35-25-27-46-41(30-35)39-20-7-9-22-44(39)48(46)42-23-11-15-32-14-4-5-18-37(32)42/h1-27,29-30,32-33,37H,28H2. The SMILES string of the molecule is C1=CC(c2ccccc2)CC(n2c3ccccc3c3cc(-c4ccc5c(c4)c4ccccc4n5C4=CC=CC5C=CC=CC45)ccc32)=C1. The molecule has 3 aliphatic rings. The Morgan fingerprint density at radius 2 is 1.04 bits per heavy atom. The van der Waals surface area contributed by atoms with Gasteiger partial charge in [0, 0.05) is 50.7 Å². The molecule has 0 aliphatic heterocycles. The lowest BCUT2D eigenvalue weighted by Crippen LogP contribution is -2.18. The number of benzene rings is 5. The zero-order valence-corrected chi connectivity index (χ0v) is 26.6. The van der Waals surface area contributed by atoms with Crippen LogP contribution in [0.5, 0.6) is 0 Å². The smallest absolute Gasteiger partial charge is 0.0538 e. The minimum absolute atomic E-state index is 0.330. The fraction of sp³-hybridized carbons (Fsp3) is 0.0870. The Labute approximate surface area is 280 Å². The summed E-state index contributed by atoms with van der Waals surface area (Å²) >= 11 is 0. The molecule has 0 amide bonds. The molecule has 0 fully saturated rings. The quantitative estimate of drug-likeness (QED) is 0.187. The van der Waals surface area contributed by atoms with Crippen molar-refractivity contribution in [1.82, 2.24) is 9.13 Å². The van der Waals surface area contributed by atoms with E-state index in [0.29, 0.717) is 17.8 Å². The number of para-hydroxylation sites is 2. The first-order chi connectivity index (χ1) is 23.8. The van der Waals surface area contributed by atoms with E-state index in [4.69, 9.17) is 0 Å². The first kappa shape index (κ1) is 27.3. The van der Waals surface area contributed by atoms with Crippen molar-refractivity contribution in [2.75, 3.05) is 0 Å². The van der Waals surface area contributed by atoms with Gasteiger partial charge in [-0.2, -0.15) is 0 Å². The Kier molecular flexibility index (Phi) is 6.17. The van der Waals surface area contributed by atoms with Crippen molar-refractivity contribution in [3.8, 4) is 11.1 Å². The van der Waals surface area contributed by atoms with Crippen LogP contribution in [0.1, 0.15) is 17.9 Å². The van der Waals surface area contributed by atoms with Gasteiger partial charge < -0.3 is 9.13 Å². The molecule has 3 atom stereocenters. The van der Waals surface area contributed by atoms with Gasteiger partial charge in [0.1, 0.15) is 0 Å². The molecule has 7 aromatic rings. The summed E-state index contributed by atoms with van der Waals surface area (Å²) in [6.07, 6.45) is 23.7. The molecule has 0 saturated heterocycles. The number of fused-ring (bicyclic) bond motifs is 7. The van der Waals surface area contributed by atoms with Crippen molar-refractivity contribution in [2.24, 2.45) is 11.8 Å². The molecule has 48 heavy (non-hydrogen) atoms. The zero-order chi connectivity index (χ0) is 31.6. The summed E-state index contributed by atoms with van der Waals surface area (Å²) in [5, 5.41) is 5.17. The van der Waals surface area contributed by atoms with Crippen LogP contribution in [0.25, 0.3) is 66.1 Å². The van der Waals surface area contributed by atoms with E-state index in [1.807, 2.05) is 0 Å². The molecule has 10 rings (SSSR count). The maximum absolute atomic E-state index is 2.49. The van der Waals surface area contributed by atoms with Crippen molar-refractivity contribution in [2.45, 2.75) is 12.3 Å². The van der Waals surface area contributed by atoms with Crippen LogP contribution in [0.4, 0.5) is 0 Å². The Bertz CT molecular complexity index is 2600. The second-order valence-electron chi connectivity index (χ2n) is 13.3. The summed E-state index contributed by atoms with van der Waals surface area (Å²) < 4.78 is 4.98. The van der Waals surface area contributed by atoms with Crippen LogP contribution in [0.2, 0.25) is 0 Å². The Morgan fingerprint density at radius 3 is 1.79 bits per heavy atom. The average molecular weight is 615 g/mol. The molecule has 0 saturated carbocycles. The van der Waals surface area contributed by atoms with Crippen molar-refractivity contribution in [1.29, 1.82) is 0 Å². The highest BCUT2D eigenvalue weighted by molar-refractivity contribution is 6.13. The minimum atomic E-state index is 0.330. The molecule has 0 spiro atoms. The second-order valence-corrected chi connectivity index (χ2v) is 13.3. The van der Waals surface area contributed by atoms with Crippen LogP contribution in [-0.2, 0) is 0 Å². The van der Waals surface area contributed by atoms with Gasteiger partial charge >= 0.3 is 0 Å². The first-order valence-corrected chi connectivity index (χ1v) is 17.0. The molecule has 228 valence electrons. The summed E-state index contributed by atoms with van der Waals surface area (Å²) in [5.74, 6) is 1.09. The monoisotopic (exact) mass is 614 g/mol. The number of hydrogen-bond acceptors (Lipinski definition) is 0.